The molecule has 0 aromatic carbocycles. The first kappa shape index (κ1) is 36.0. The van der Waals surface area contributed by atoms with Crippen LogP contribution in [0.15, 0.2) is 118 Å². The molecule has 0 amide bonds. The first-order chi connectivity index (χ1) is 20.0. The Balaban J connectivity index is 1.94. The van der Waals surface area contributed by atoms with Crippen LogP contribution in [0.2, 0.25) is 0 Å². The van der Waals surface area contributed by atoms with Crippen molar-refractivity contribution in [3.8, 4) is 11.8 Å². The Hall–Kier alpha value is -3.16. The number of hydrogen-bond acceptors (Lipinski definition) is 3. The van der Waals surface area contributed by atoms with Crippen LogP contribution >= 0.6 is 0 Å². The van der Waals surface area contributed by atoms with E-state index < -0.39 is 17.1 Å². The molecular weight excluding hydrogens is 528 g/mol. The summed E-state index contributed by atoms with van der Waals surface area (Å²) >= 11 is 0. The van der Waals surface area contributed by atoms with Gasteiger partial charge in [0.15, 0.2) is 0 Å². The largest absolute Gasteiger partial charge is 0.393 e. The molecule has 0 unspecified atom stereocenters. The molecule has 3 atom stereocenters. The molecule has 0 saturated carbocycles. The third kappa shape index (κ3) is 10.8. The zero-order chi connectivity index (χ0) is 32.4. The van der Waals surface area contributed by atoms with Crippen molar-refractivity contribution in [3.63, 3.8) is 0 Å². The molecule has 43 heavy (non-hydrogen) atoms. The zero-order valence-electron chi connectivity index (χ0n) is 28.1. The highest BCUT2D eigenvalue weighted by Gasteiger charge is 2.46. The van der Waals surface area contributed by atoms with Crippen LogP contribution in [0.25, 0.3) is 0 Å². The van der Waals surface area contributed by atoms with Crippen LogP contribution in [0.4, 0.5) is 0 Å². The summed E-state index contributed by atoms with van der Waals surface area (Å²) in [7, 11) is 0. The Morgan fingerprint density at radius 1 is 0.791 bits per heavy atom. The molecule has 0 aromatic rings. The summed E-state index contributed by atoms with van der Waals surface area (Å²) in [5.74, 6) is 6.66. The van der Waals surface area contributed by atoms with Crippen molar-refractivity contribution in [1.82, 2.24) is 0 Å². The topological polar surface area (TPSA) is 60.7 Å². The van der Waals surface area contributed by atoms with Crippen LogP contribution in [0, 0.1) is 22.7 Å². The van der Waals surface area contributed by atoms with Crippen LogP contribution < -0.4 is 0 Å². The predicted molar refractivity (Wildman–Crippen MR) is 184 cm³/mol. The van der Waals surface area contributed by atoms with Gasteiger partial charge in [-0.1, -0.05) is 135 Å². The molecule has 2 aliphatic carbocycles. The molecule has 232 valence electrons. The summed E-state index contributed by atoms with van der Waals surface area (Å²) in [5.41, 5.74) is 5.83. The standard InChI is InChI=1S/C40H54O3/c1-29(17-13-19-31(3)21-22-37-33(5)25-35(41)27-38(37,7)8)15-11-12-16-30(2)18-14-20-32(4)23-24-40(43)34(6)26-36(42)28-39(40,9)10/h11-20,23-24,26,35-36,41-43H,25,27-28H2,1-10H3/b12-11+,17-13+,18-14+,24-23+,29-15+,30-16+,31-19-,32-20+/t35-,36-,40-/m0/s1. The fourth-order valence-corrected chi connectivity index (χ4v) is 5.85. The Bertz CT molecular complexity index is 1380. The average molecular weight is 583 g/mol. The van der Waals surface area contributed by atoms with Crippen LogP contribution in [-0.4, -0.2) is 33.1 Å². The number of aliphatic hydroxyl groups is 3. The van der Waals surface area contributed by atoms with Crippen molar-refractivity contribution in [1.29, 1.82) is 0 Å². The second-order valence-electron chi connectivity index (χ2n) is 13.6. The highest BCUT2D eigenvalue weighted by Crippen LogP contribution is 2.45. The molecule has 3 N–H and O–H groups in total. The van der Waals surface area contributed by atoms with Crippen LogP contribution in [0.1, 0.15) is 88.5 Å². The molecule has 2 aliphatic rings. The molecule has 0 fully saturated rings. The van der Waals surface area contributed by atoms with Gasteiger partial charge in [0, 0.05) is 16.4 Å². The van der Waals surface area contributed by atoms with Crippen molar-refractivity contribution < 1.29 is 15.3 Å². The molecule has 3 nitrogen and oxygen atoms in total. The van der Waals surface area contributed by atoms with Gasteiger partial charge in [-0.2, -0.15) is 0 Å². The summed E-state index contributed by atoms with van der Waals surface area (Å²) < 4.78 is 0. The molecule has 0 spiro atoms. The molecule has 3 heteroatoms. The van der Waals surface area contributed by atoms with Gasteiger partial charge in [-0.05, 0) is 78.0 Å². The van der Waals surface area contributed by atoms with Gasteiger partial charge in [0.2, 0.25) is 0 Å². The van der Waals surface area contributed by atoms with E-state index in [1.165, 1.54) is 5.57 Å². The summed E-state index contributed by atoms with van der Waals surface area (Å²) in [5, 5.41) is 31.5. The van der Waals surface area contributed by atoms with Gasteiger partial charge < -0.3 is 15.3 Å². The zero-order valence-corrected chi connectivity index (χ0v) is 28.1. The quantitative estimate of drug-likeness (QED) is 0.152. The van der Waals surface area contributed by atoms with Gasteiger partial charge >= 0.3 is 0 Å². The van der Waals surface area contributed by atoms with Gasteiger partial charge in [0.1, 0.15) is 5.60 Å². The van der Waals surface area contributed by atoms with Crippen molar-refractivity contribution in [2.24, 2.45) is 10.8 Å². The molecule has 0 bridgehead atoms. The Labute approximate surface area is 261 Å². The van der Waals surface area contributed by atoms with E-state index in [1.807, 2.05) is 83.2 Å². The lowest BCUT2D eigenvalue weighted by atomic mass is 9.64. The summed E-state index contributed by atoms with van der Waals surface area (Å²) in [6, 6.07) is 0. The molecular formula is C40H54O3. The maximum absolute atomic E-state index is 11.3. The van der Waals surface area contributed by atoms with Crippen molar-refractivity contribution in [2.45, 2.75) is 106 Å². The number of hydrogen-bond donors (Lipinski definition) is 3. The number of allylic oxidation sites excluding steroid dienone is 16. The predicted octanol–water partition coefficient (Wildman–Crippen LogP) is 8.97. The Kier molecular flexibility index (Phi) is 13.0. The Morgan fingerprint density at radius 2 is 1.33 bits per heavy atom. The first-order valence-electron chi connectivity index (χ1n) is 15.4. The fraction of sp³-hybridized carbons (Fsp3) is 0.450. The van der Waals surface area contributed by atoms with E-state index in [-0.39, 0.29) is 11.5 Å². The molecule has 0 saturated heterocycles. The number of rotatable bonds is 8. The van der Waals surface area contributed by atoms with E-state index in [0.717, 1.165) is 39.9 Å². The molecule has 0 heterocycles. The molecule has 0 aliphatic heterocycles. The maximum Gasteiger partial charge on any atom is 0.109 e. The monoisotopic (exact) mass is 582 g/mol. The normalized spacial score (nSPS) is 27.4. The van der Waals surface area contributed by atoms with E-state index in [9.17, 15) is 15.3 Å². The van der Waals surface area contributed by atoms with Crippen LogP contribution in [0.5, 0.6) is 0 Å². The fourth-order valence-electron chi connectivity index (χ4n) is 5.85. The van der Waals surface area contributed by atoms with E-state index in [0.29, 0.717) is 12.8 Å². The highest BCUT2D eigenvalue weighted by atomic mass is 16.3. The Morgan fingerprint density at radius 3 is 1.88 bits per heavy atom. The molecule has 2 rings (SSSR count). The summed E-state index contributed by atoms with van der Waals surface area (Å²) in [4.78, 5) is 0. The van der Waals surface area contributed by atoms with Crippen molar-refractivity contribution >= 4 is 0 Å². The second-order valence-corrected chi connectivity index (χ2v) is 13.6. The van der Waals surface area contributed by atoms with E-state index in [4.69, 9.17) is 0 Å². The van der Waals surface area contributed by atoms with Gasteiger partial charge in [-0.15, -0.1) is 0 Å². The lowest BCUT2D eigenvalue weighted by Gasteiger charge is -2.46. The lowest BCUT2D eigenvalue weighted by Crippen LogP contribution is -2.48. The summed E-state index contributed by atoms with van der Waals surface area (Å²) in [6.07, 6.45) is 27.2. The minimum absolute atomic E-state index is 0.0912. The van der Waals surface area contributed by atoms with Gasteiger partial charge in [0.25, 0.3) is 0 Å². The number of aliphatic hydroxyl groups excluding tert-OH is 2. The third-order valence-corrected chi connectivity index (χ3v) is 8.41. The highest BCUT2D eigenvalue weighted by molar-refractivity contribution is 5.45. The minimum Gasteiger partial charge on any atom is -0.393 e. The second kappa shape index (κ2) is 15.5. The van der Waals surface area contributed by atoms with Crippen molar-refractivity contribution in [2.75, 3.05) is 0 Å². The van der Waals surface area contributed by atoms with E-state index in [1.54, 1.807) is 6.08 Å². The first-order valence-corrected chi connectivity index (χ1v) is 15.4. The summed E-state index contributed by atoms with van der Waals surface area (Å²) in [6.45, 7) is 20.4. The smallest absolute Gasteiger partial charge is 0.109 e. The van der Waals surface area contributed by atoms with Gasteiger partial charge in [-0.25, -0.2) is 0 Å². The van der Waals surface area contributed by atoms with Crippen molar-refractivity contribution in [3.05, 3.63) is 118 Å². The average Bonchev–Trinajstić information content (AvgIpc) is 2.87. The lowest BCUT2D eigenvalue weighted by molar-refractivity contribution is -0.0292. The third-order valence-electron chi connectivity index (χ3n) is 8.41. The van der Waals surface area contributed by atoms with E-state index >= 15 is 0 Å². The molecule has 0 aromatic heterocycles. The maximum atomic E-state index is 11.3. The van der Waals surface area contributed by atoms with Gasteiger partial charge in [0.05, 0.1) is 12.2 Å². The van der Waals surface area contributed by atoms with Crippen LogP contribution in [0.3, 0.4) is 0 Å². The molecule has 0 radical (unpaired) electrons. The SMILES string of the molecule is CC1=C[C@H](O)CC(C)(C)[C@]1(O)/C=C/C(C)=C/C=C/C(C)=C/C=C/C=C(C)/C=C/C=C(/C)C#CC1=C(C)C[C@H](O)CC1(C)C. The van der Waals surface area contributed by atoms with Gasteiger partial charge in [-0.3, -0.25) is 0 Å². The van der Waals surface area contributed by atoms with Crippen LogP contribution in [-0.2, 0) is 0 Å². The van der Waals surface area contributed by atoms with E-state index in [2.05, 4.69) is 70.8 Å². The minimum atomic E-state index is -1.08.